The Balaban J connectivity index is 2.17. The van der Waals surface area contributed by atoms with E-state index in [4.69, 9.17) is 4.74 Å². The van der Waals surface area contributed by atoms with Crippen LogP contribution >= 0.6 is 15.9 Å². The first-order valence-corrected chi connectivity index (χ1v) is 6.54. The zero-order valence-corrected chi connectivity index (χ0v) is 12.1. The van der Waals surface area contributed by atoms with Crippen LogP contribution in [0.5, 0.6) is 0 Å². The molecule has 0 bridgehead atoms. The van der Waals surface area contributed by atoms with Gasteiger partial charge in [-0.15, -0.1) is 0 Å². The monoisotopic (exact) mass is 329 g/mol. The van der Waals surface area contributed by atoms with Gasteiger partial charge in [-0.1, -0.05) is 13.8 Å². The molecule has 1 fully saturated rings. The highest BCUT2D eigenvalue weighted by molar-refractivity contribution is 9.10. The molecule has 2 rings (SSSR count). The van der Waals surface area contributed by atoms with Crippen molar-refractivity contribution in [3.63, 3.8) is 0 Å². The molecule has 1 aromatic carbocycles. The Morgan fingerprint density at radius 2 is 2.21 bits per heavy atom. The van der Waals surface area contributed by atoms with E-state index in [1.165, 1.54) is 18.2 Å². The first-order chi connectivity index (χ1) is 8.81. The second-order valence-corrected chi connectivity index (χ2v) is 5.97. The van der Waals surface area contributed by atoms with Crippen LogP contribution in [-0.2, 0) is 9.53 Å². The van der Waals surface area contributed by atoms with Crippen LogP contribution in [0, 0.1) is 11.2 Å². The van der Waals surface area contributed by atoms with E-state index in [9.17, 15) is 14.0 Å². The lowest BCUT2D eigenvalue weighted by Gasteiger charge is -2.23. The number of rotatable bonds is 2. The Kier molecular flexibility index (Phi) is 3.62. The number of amides is 1. The standard InChI is InChI=1S/C13H13BrFNO3/c1-13(2)6-16-11(17)10(13)19-12(18)7-3-4-9(15)8(14)5-7/h3-5,10H,6H2,1-2H3,(H,16,17). The van der Waals surface area contributed by atoms with E-state index < -0.39 is 23.3 Å². The van der Waals surface area contributed by atoms with E-state index in [0.717, 1.165) is 0 Å². The van der Waals surface area contributed by atoms with Gasteiger partial charge in [0, 0.05) is 12.0 Å². The third-order valence-corrected chi connectivity index (χ3v) is 3.65. The van der Waals surface area contributed by atoms with Gasteiger partial charge >= 0.3 is 5.97 Å². The van der Waals surface area contributed by atoms with Gasteiger partial charge in [0.25, 0.3) is 5.91 Å². The SMILES string of the molecule is CC1(C)CNC(=O)C1OC(=O)c1ccc(F)c(Br)c1. The molecule has 1 N–H and O–H groups in total. The van der Waals surface area contributed by atoms with E-state index >= 15 is 0 Å². The molecule has 6 heteroatoms. The maximum absolute atomic E-state index is 13.1. The maximum atomic E-state index is 13.1. The number of nitrogens with one attached hydrogen (secondary N) is 1. The average molecular weight is 330 g/mol. The number of ether oxygens (including phenoxy) is 1. The average Bonchev–Trinajstić information content (AvgIpc) is 2.59. The van der Waals surface area contributed by atoms with Gasteiger partial charge in [-0.3, -0.25) is 4.79 Å². The van der Waals surface area contributed by atoms with Crippen molar-refractivity contribution in [2.45, 2.75) is 20.0 Å². The van der Waals surface area contributed by atoms with Crippen LogP contribution in [0.3, 0.4) is 0 Å². The van der Waals surface area contributed by atoms with Crippen molar-refractivity contribution < 1.29 is 18.7 Å². The highest BCUT2D eigenvalue weighted by atomic mass is 79.9. The van der Waals surface area contributed by atoms with Gasteiger partial charge in [0.1, 0.15) is 5.82 Å². The summed E-state index contributed by atoms with van der Waals surface area (Å²) in [5.74, 6) is -1.41. The molecule has 102 valence electrons. The highest BCUT2D eigenvalue weighted by Gasteiger charge is 2.44. The predicted molar refractivity (Wildman–Crippen MR) is 70.1 cm³/mol. The largest absolute Gasteiger partial charge is 0.448 e. The number of halogens is 2. The fourth-order valence-electron chi connectivity index (χ4n) is 1.87. The van der Waals surface area contributed by atoms with E-state index in [2.05, 4.69) is 21.2 Å². The Bertz CT molecular complexity index is 545. The molecule has 0 aliphatic carbocycles. The van der Waals surface area contributed by atoms with Crippen LogP contribution in [0.25, 0.3) is 0 Å². The second-order valence-electron chi connectivity index (χ2n) is 5.12. The molecule has 1 amide bonds. The quantitative estimate of drug-likeness (QED) is 0.847. The fourth-order valence-corrected chi connectivity index (χ4v) is 2.25. The molecule has 1 aliphatic heterocycles. The van der Waals surface area contributed by atoms with Crippen molar-refractivity contribution in [2.24, 2.45) is 5.41 Å². The number of esters is 1. The zero-order valence-electron chi connectivity index (χ0n) is 10.5. The number of carbonyl (C=O) groups excluding carboxylic acids is 2. The normalized spacial score (nSPS) is 21.1. The summed E-state index contributed by atoms with van der Waals surface area (Å²) in [4.78, 5) is 23.6. The van der Waals surface area contributed by atoms with Gasteiger partial charge < -0.3 is 10.1 Å². The summed E-state index contributed by atoms with van der Waals surface area (Å²) in [5.41, 5.74) is -0.256. The van der Waals surface area contributed by atoms with Crippen molar-refractivity contribution in [3.05, 3.63) is 34.1 Å². The van der Waals surface area contributed by atoms with Crippen LogP contribution < -0.4 is 5.32 Å². The van der Waals surface area contributed by atoms with E-state index in [-0.39, 0.29) is 15.9 Å². The number of hydrogen-bond acceptors (Lipinski definition) is 3. The molecule has 1 aromatic rings. The summed E-state index contributed by atoms with van der Waals surface area (Å²) in [6, 6.07) is 3.82. The van der Waals surface area contributed by atoms with Crippen molar-refractivity contribution in [1.29, 1.82) is 0 Å². The maximum Gasteiger partial charge on any atom is 0.338 e. The Morgan fingerprint density at radius 1 is 1.53 bits per heavy atom. The lowest BCUT2D eigenvalue weighted by atomic mass is 9.89. The summed E-state index contributed by atoms with van der Waals surface area (Å²) in [5, 5.41) is 2.65. The predicted octanol–water partition coefficient (Wildman–Crippen LogP) is 2.27. The minimum absolute atomic E-state index is 0.178. The Hall–Kier alpha value is -1.43. The van der Waals surface area contributed by atoms with Crippen LogP contribution in [0.2, 0.25) is 0 Å². The summed E-state index contributed by atoms with van der Waals surface area (Å²) in [7, 11) is 0. The first-order valence-electron chi connectivity index (χ1n) is 5.75. The molecule has 1 aliphatic rings. The van der Waals surface area contributed by atoms with E-state index in [1.54, 1.807) is 0 Å². The third-order valence-electron chi connectivity index (χ3n) is 3.05. The summed E-state index contributed by atoms with van der Waals surface area (Å²) in [6.07, 6.45) is -0.830. The Labute approximate surface area is 118 Å². The number of benzene rings is 1. The van der Waals surface area contributed by atoms with Crippen molar-refractivity contribution in [2.75, 3.05) is 6.54 Å². The highest BCUT2D eigenvalue weighted by Crippen LogP contribution is 2.28. The summed E-state index contributed by atoms with van der Waals surface area (Å²) >= 11 is 3.00. The van der Waals surface area contributed by atoms with Crippen LogP contribution in [0.15, 0.2) is 22.7 Å². The molecule has 0 aromatic heterocycles. The smallest absolute Gasteiger partial charge is 0.338 e. The topological polar surface area (TPSA) is 55.4 Å². The van der Waals surface area contributed by atoms with Gasteiger partial charge in [-0.2, -0.15) is 0 Å². The molecular weight excluding hydrogens is 317 g/mol. The van der Waals surface area contributed by atoms with Gasteiger partial charge in [-0.05, 0) is 34.1 Å². The van der Waals surface area contributed by atoms with Crippen molar-refractivity contribution >= 4 is 27.8 Å². The molecule has 1 saturated heterocycles. The first kappa shape index (κ1) is 14.0. The fraction of sp³-hybridized carbons (Fsp3) is 0.385. The van der Waals surface area contributed by atoms with Crippen molar-refractivity contribution in [3.8, 4) is 0 Å². The molecule has 1 unspecified atom stereocenters. The molecule has 1 heterocycles. The second kappa shape index (κ2) is 4.92. The number of hydrogen-bond donors (Lipinski definition) is 1. The van der Waals surface area contributed by atoms with Gasteiger partial charge in [-0.25, -0.2) is 9.18 Å². The lowest BCUT2D eigenvalue weighted by Crippen LogP contribution is -2.35. The van der Waals surface area contributed by atoms with E-state index in [0.29, 0.717) is 6.54 Å². The van der Waals surface area contributed by atoms with Crippen LogP contribution in [-0.4, -0.2) is 24.5 Å². The molecule has 0 spiro atoms. The van der Waals surface area contributed by atoms with Crippen LogP contribution in [0.1, 0.15) is 24.2 Å². The summed E-state index contributed by atoms with van der Waals surface area (Å²) in [6.45, 7) is 4.13. The molecule has 1 atom stereocenters. The Morgan fingerprint density at radius 3 is 2.74 bits per heavy atom. The zero-order chi connectivity index (χ0) is 14.2. The van der Waals surface area contributed by atoms with E-state index in [1.807, 2.05) is 13.8 Å². The minimum Gasteiger partial charge on any atom is -0.448 e. The summed E-state index contributed by atoms with van der Waals surface area (Å²) < 4.78 is 18.5. The van der Waals surface area contributed by atoms with Crippen LogP contribution in [0.4, 0.5) is 4.39 Å². The van der Waals surface area contributed by atoms with Gasteiger partial charge in [0.15, 0.2) is 6.10 Å². The van der Waals surface area contributed by atoms with Gasteiger partial charge in [0.05, 0.1) is 10.0 Å². The third kappa shape index (κ3) is 2.78. The molecular formula is C13H13BrFNO3. The molecule has 19 heavy (non-hydrogen) atoms. The molecule has 0 radical (unpaired) electrons. The van der Waals surface area contributed by atoms with Gasteiger partial charge in [0.2, 0.25) is 0 Å². The minimum atomic E-state index is -0.830. The number of carbonyl (C=O) groups is 2. The molecule has 4 nitrogen and oxygen atoms in total. The van der Waals surface area contributed by atoms with Crippen molar-refractivity contribution in [1.82, 2.24) is 5.32 Å². The molecule has 0 saturated carbocycles. The lowest BCUT2D eigenvalue weighted by molar-refractivity contribution is -0.129.